The molecule has 4 rings (SSSR count). The Morgan fingerprint density at radius 1 is 1.05 bits per heavy atom. The van der Waals surface area contributed by atoms with Crippen LogP contribution in [0.1, 0.15) is 11.1 Å². The second-order valence-corrected chi connectivity index (χ2v) is 6.85. The van der Waals surface area contributed by atoms with Gasteiger partial charge < -0.3 is 0 Å². The highest BCUT2D eigenvalue weighted by molar-refractivity contribution is 7.26. The molecule has 0 bridgehead atoms. The maximum Gasteiger partial charge on any atom is 0.287 e. The average Bonchev–Trinajstić information content (AvgIpc) is 2.85. The van der Waals surface area contributed by atoms with Crippen LogP contribution in [0.2, 0.25) is 0 Å². The molecular weight excluding hydrogens is 288 g/mol. The molecule has 0 radical (unpaired) electrons. The monoisotopic (exact) mass is 305 g/mol. The fourth-order valence-electron chi connectivity index (χ4n) is 2.99. The molecule has 22 heavy (non-hydrogen) atoms. The maximum atomic E-state index is 4.69. The second kappa shape index (κ2) is 4.89. The van der Waals surface area contributed by atoms with Crippen molar-refractivity contribution in [3.8, 4) is 11.3 Å². The van der Waals surface area contributed by atoms with E-state index >= 15 is 0 Å². The van der Waals surface area contributed by atoms with Gasteiger partial charge in [-0.2, -0.15) is 0 Å². The van der Waals surface area contributed by atoms with Gasteiger partial charge in [-0.3, -0.25) is 0 Å². The molecule has 0 atom stereocenters. The van der Waals surface area contributed by atoms with Crippen LogP contribution in [0.25, 0.3) is 31.6 Å². The summed E-state index contributed by atoms with van der Waals surface area (Å²) in [5.41, 5.74) is 6.22. The molecule has 0 saturated carbocycles. The van der Waals surface area contributed by atoms with E-state index in [-0.39, 0.29) is 0 Å². The Balaban J connectivity index is 2.16. The molecule has 0 aliphatic rings. The van der Waals surface area contributed by atoms with Crippen LogP contribution >= 0.6 is 11.3 Å². The molecular formula is C19H17N2S+. The molecule has 2 aromatic heterocycles. The third kappa shape index (κ3) is 1.93. The maximum absolute atomic E-state index is 4.69. The van der Waals surface area contributed by atoms with E-state index in [1.54, 1.807) is 0 Å². The van der Waals surface area contributed by atoms with Crippen LogP contribution in [0.4, 0.5) is 0 Å². The number of hydrogen-bond acceptors (Lipinski definition) is 2. The standard InChI is InChI=1S/C19H17N2S/c1-12-8-9-15-16(10-12)22-19-17(15)20-11-21(3)18(19)14-7-5-4-6-13(14)2/h4-11H,1-3H3/q+1. The summed E-state index contributed by atoms with van der Waals surface area (Å²) in [4.78, 5) is 4.69. The van der Waals surface area contributed by atoms with Crippen molar-refractivity contribution >= 4 is 31.6 Å². The Labute approximate surface area is 133 Å². The number of thiophene rings is 1. The first kappa shape index (κ1) is 13.4. The highest BCUT2D eigenvalue weighted by Gasteiger charge is 2.20. The SMILES string of the molecule is Cc1ccc2c(c1)sc1c(-c3ccccc3C)[n+](C)cnc12. The lowest BCUT2D eigenvalue weighted by Crippen LogP contribution is -2.31. The van der Waals surface area contributed by atoms with E-state index in [9.17, 15) is 0 Å². The van der Waals surface area contributed by atoms with Crippen molar-refractivity contribution in [2.24, 2.45) is 7.05 Å². The molecule has 108 valence electrons. The summed E-state index contributed by atoms with van der Waals surface area (Å²) in [6.45, 7) is 4.30. The van der Waals surface area contributed by atoms with Crippen LogP contribution in [0.3, 0.4) is 0 Å². The minimum absolute atomic E-state index is 1.11. The Kier molecular flexibility index (Phi) is 2.98. The lowest BCUT2D eigenvalue weighted by molar-refractivity contribution is -0.662. The fourth-order valence-corrected chi connectivity index (χ4v) is 4.34. The van der Waals surface area contributed by atoms with E-state index in [0.717, 1.165) is 5.52 Å². The summed E-state index contributed by atoms with van der Waals surface area (Å²) in [6.07, 6.45) is 1.93. The third-order valence-corrected chi connectivity index (χ3v) is 5.30. The van der Waals surface area contributed by atoms with Crippen LogP contribution in [0.15, 0.2) is 48.8 Å². The van der Waals surface area contributed by atoms with Crippen LogP contribution in [0, 0.1) is 13.8 Å². The van der Waals surface area contributed by atoms with Crippen LogP contribution in [-0.4, -0.2) is 4.98 Å². The van der Waals surface area contributed by atoms with E-state index in [0.29, 0.717) is 0 Å². The van der Waals surface area contributed by atoms with Crippen molar-refractivity contribution in [2.75, 3.05) is 0 Å². The molecule has 2 nitrogen and oxygen atoms in total. The number of aryl methyl sites for hydroxylation is 3. The molecule has 0 amide bonds. The van der Waals surface area contributed by atoms with Crippen LogP contribution < -0.4 is 4.57 Å². The number of fused-ring (bicyclic) bond motifs is 3. The minimum atomic E-state index is 1.11. The number of hydrogen-bond donors (Lipinski definition) is 0. The van der Waals surface area contributed by atoms with Crippen LogP contribution in [-0.2, 0) is 7.05 Å². The summed E-state index contributed by atoms with van der Waals surface area (Å²) in [5, 5.41) is 1.25. The minimum Gasteiger partial charge on any atom is -0.231 e. The summed E-state index contributed by atoms with van der Waals surface area (Å²) in [7, 11) is 2.07. The van der Waals surface area contributed by atoms with Crippen LogP contribution in [0.5, 0.6) is 0 Å². The van der Waals surface area contributed by atoms with E-state index in [2.05, 4.69) is 72.9 Å². The summed E-state index contributed by atoms with van der Waals surface area (Å²) in [6, 6.07) is 15.2. The van der Waals surface area contributed by atoms with Gasteiger partial charge in [0.05, 0.1) is 7.05 Å². The molecule has 0 fully saturated rings. The van der Waals surface area contributed by atoms with Gasteiger partial charge in [-0.15, -0.1) is 11.3 Å². The van der Waals surface area contributed by atoms with Crippen molar-refractivity contribution in [3.63, 3.8) is 0 Å². The van der Waals surface area contributed by atoms with E-state index < -0.39 is 0 Å². The van der Waals surface area contributed by atoms with Gasteiger partial charge >= 0.3 is 0 Å². The zero-order valence-electron chi connectivity index (χ0n) is 12.9. The predicted octanol–water partition coefficient (Wildman–Crippen LogP) is 4.56. The molecule has 0 N–H and O–H groups in total. The van der Waals surface area contributed by atoms with Gasteiger partial charge in [0.25, 0.3) is 6.33 Å². The first-order valence-electron chi connectivity index (χ1n) is 7.38. The Hall–Kier alpha value is -2.26. The van der Waals surface area contributed by atoms with Gasteiger partial charge in [-0.05, 0) is 42.1 Å². The fraction of sp³-hybridized carbons (Fsp3) is 0.158. The topological polar surface area (TPSA) is 16.8 Å². The Morgan fingerprint density at radius 3 is 2.68 bits per heavy atom. The average molecular weight is 305 g/mol. The smallest absolute Gasteiger partial charge is 0.231 e. The molecule has 2 aromatic carbocycles. The second-order valence-electron chi connectivity index (χ2n) is 5.80. The number of nitrogens with zero attached hydrogens (tertiary/aromatic N) is 2. The summed E-state index contributed by atoms with van der Waals surface area (Å²) < 4.78 is 4.70. The molecule has 4 aromatic rings. The molecule has 0 aliphatic carbocycles. The lowest BCUT2D eigenvalue weighted by Gasteiger charge is -2.06. The van der Waals surface area contributed by atoms with Crippen molar-refractivity contribution in [1.82, 2.24) is 4.98 Å². The van der Waals surface area contributed by atoms with E-state index in [4.69, 9.17) is 0 Å². The van der Waals surface area contributed by atoms with Gasteiger partial charge in [0.2, 0.25) is 5.52 Å². The largest absolute Gasteiger partial charge is 0.287 e. The number of benzene rings is 2. The van der Waals surface area contributed by atoms with Gasteiger partial charge in [0.15, 0.2) is 5.69 Å². The van der Waals surface area contributed by atoms with Crippen molar-refractivity contribution in [1.29, 1.82) is 0 Å². The molecule has 3 heteroatoms. The molecule has 0 spiro atoms. The molecule has 0 aliphatic heterocycles. The quantitative estimate of drug-likeness (QED) is 0.471. The predicted molar refractivity (Wildman–Crippen MR) is 93.2 cm³/mol. The van der Waals surface area contributed by atoms with Crippen molar-refractivity contribution < 1.29 is 4.57 Å². The Morgan fingerprint density at radius 2 is 1.86 bits per heavy atom. The first-order valence-corrected chi connectivity index (χ1v) is 8.20. The zero-order valence-corrected chi connectivity index (χ0v) is 13.7. The van der Waals surface area contributed by atoms with Gasteiger partial charge in [-0.25, -0.2) is 4.57 Å². The number of aromatic nitrogens is 2. The van der Waals surface area contributed by atoms with Crippen molar-refractivity contribution in [3.05, 3.63) is 59.9 Å². The van der Waals surface area contributed by atoms with E-state index in [1.165, 1.54) is 37.2 Å². The summed E-state index contributed by atoms with van der Waals surface area (Å²) in [5.74, 6) is 0. The highest BCUT2D eigenvalue weighted by atomic mass is 32.1. The first-order chi connectivity index (χ1) is 10.6. The molecule has 0 saturated heterocycles. The highest BCUT2D eigenvalue weighted by Crippen LogP contribution is 2.37. The lowest BCUT2D eigenvalue weighted by atomic mass is 10.0. The number of rotatable bonds is 1. The normalized spacial score (nSPS) is 11.4. The van der Waals surface area contributed by atoms with Gasteiger partial charge in [-0.1, -0.05) is 30.3 Å². The molecule has 2 heterocycles. The third-order valence-electron chi connectivity index (χ3n) is 4.15. The van der Waals surface area contributed by atoms with E-state index in [1.807, 2.05) is 17.7 Å². The Bertz CT molecular complexity index is 1010. The zero-order chi connectivity index (χ0) is 15.3. The van der Waals surface area contributed by atoms with Gasteiger partial charge in [0.1, 0.15) is 4.70 Å². The van der Waals surface area contributed by atoms with Gasteiger partial charge in [0, 0.05) is 15.6 Å². The van der Waals surface area contributed by atoms with Crippen molar-refractivity contribution in [2.45, 2.75) is 13.8 Å². The molecule has 0 unspecified atom stereocenters. The summed E-state index contributed by atoms with van der Waals surface area (Å²) >= 11 is 1.84.